The summed E-state index contributed by atoms with van der Waals surface area (Å²) in [6.45, 7) is -0.264. The highest BCUT2D eigenvalue weighted by Gasteiger charge is 2.19. The number of rotatable bonds is 4. The van der Waals surface area contributed by atoms with Gasteiger partial charge in [0.05, 0.1) is 17.3 Å². The average Bonchev–Trinajstić information content (AvgIpc) is 2.39. The maximum atomic E-state index is 12.2. The van der Waals surface area contributed by atoms with Gasteiger partial charge in [0.2, 0.25) is 0 Å². The molecular weight excluding hydrogens is 288 g/mol. The summed E-state index contributed by atoms with van der Waals surface area (Å²) in [5, 5.41) is 9.25. The summed E-state index contributed by atoms with van der Waals surface area (Å²) in [6.07, 6.45) is 2.58. The van der Waals surface area contributed by atoms with Crippen LogP contribution in [-0.2, 0) is 16.6 Å². The summed E-state index contributed by atoms with van der Waals surface area (Å²) < 4.78 is 26.7. The van der Waals surface area contributed by atoms with Gasteiger partial charge >= 0.3 is 0 Å². The Balaban J connectivity index is 2.40. The number of aliphatic hydroxyl groups excluding tert-OH is 1. The zero-order chi connectivity index (χ0) is 13.9. The standard InChI is InChI=1S/C12H11ClN2O3S/c13-10-5-6-14-7-12(10)19(17,18)15-11-4-2-1-3-9(11)8-16/h1-7,15-16H,8H2. The third-order valence-corrected chi connectivity index (χ3v) is 4.29. The molecule has 19 heavy (non-hydrogen) atoms. The maximum Gasteiger partial charge on any atom is 0.264 e. The second-order valence-corrected chi connectivity index (χ2v) is 5.78. The van der Waals surface area contributed by atoms with Crippen LogP contribution in [0.1, 0.15) is 5.56 Å². The van der Waals surface area contributed by atoms with Crippen LogP contribution >= 0.6 is 11.6 Å². The molecule has 0 radical (unpaired) electrons. The van der Waals surface area contributed by atoms with E-state index >= 15 is 0 Å². The van der Waals surface area contributed by atoms with Crippen molar-refractivity contribution < 1.29 is 13.5 Å². The zero-order valence-electron chi connectivity index (χ0n) is 9.75. The number of aromatic nitrogens is 1. The fourth-order valence-electron chi connectivity index (χ4n) is 1.52. The van der Waals surface area contributed by atoms with Crippen LogP contribution in [0.3, 0.4) is 0 Å². The van der Waals surface area contributed by atoms with Crippen LogP contribution in [-0.4, -0.2) is 18.5 Å². The van der Waals surface area contributed by atoms with Gasteiger partial charge in [0.1, 0.15) is 4.90 Å². The molecule has 0 bridgehead atoms. The van der Waals surface area contributed by atoms with Crippen LogP contribution in [0.25, 0.3) is 0 Å². The van der Waals surface area contributed by atoms with E-state index in [1.807, 2.05) is 0 Å². The van der Waals surface area contributed by atoms with E-state index < -0.39 is 10.0 Å². The molecule has 2 N–H and O–H groups in total. The molecule has 0 unspecified atom stereocenters. The first-order valence-corrected chi connectivity index (χ1v) is 7.22. The minimum absolute atomic E-state index is 0.0870. The second kappa shape index (κ2) is 5.56. The molecule has 0 fully saturated rings. The Hall–Kier alpha value is -1.63. The van der Waals surface area contributed by atoms with Crippen molar-refractivity contribution in [1.29, 1.82) is 0 Å². The lowest BCUT2D eigenvalue weighted by Gasteiger charge is -2.11. The highest BCUT2D eigenvalue weighted by molar-refractivity contribution is 7.92. The lowest BCUT2D eigenvalue weighted by atomic mass is 10.2. The molecule has 1 aromatic carbocycles. The van der Waals surface area contributed by atoms with Crippen molar-refractivity contribution >= 4 is 27.3 Å². The van der Waals surface area contributed by atoms with Gasteiger partial charge < -0.3 is 5.11 Å². The molecule has 0 aliphatic carbocycles. The van der Waals surface area contributed by atoms with Gasteiger partial charge in [0.15, 0.2) is 0 Å². The van der Waals surface area contributed by atoms with Crippen molar-refractivity contribution in [1.82, 2.24) is 4.98 Å². The van der Waals surface area contributed by atoms with E-state index in [2.05, 4.69) is 9.71 Å². The zero-order valence-corrected chi connectivity index (χ0v) is 11.3. The van der Waals surface area contributed by atoms with Gasteiger partial charge in [-0.25, -0.2) is 8.42 Å². The van der Waals surface area contributed by atoms with Gasteiger partial charge in [0, 0.05) is 18.0 Å². The first-order valence-electron chi connectivity index (χ1n) is 5.35. The van der Waals surface area contributed by atoms with Crippen LogP contribution in [0.4, 0.5) is 5.69 Å². The van der Waals surface area contributed by atoms with Crippen LogP contribution in [0.5, 0.6) is 0 Å². The van der Waals surface area contributed by atoms with Gasteiger partial charge in [-0.05, 0) is 12.1 Å². The lowest BCUT2D eigenvalue weighted by Crippen LogP contribution is -2.15. The fourth-order valence-corrected chi connectivity index (χ4v) is 3.05. The van der Waals surface area contributed by atoms with Crippen LogP contribution < -0.4 is 4.72 Å². The van der Waals surface area contributed by atoms with Crippen molar-refractivity contribution in [2.75, 3.05) is 4.72 Å². The Kier molecular flexibility index (Phi) is 4.04. The largest absolute Gasteiger partial charge is 0.392 e. The maximum absolute atomic E-state index is 12.2. The van der Waals surface area contributed by atoms with Gasteiger partial charge in [-0.1, -0.05) is 29.8 Å². The number of hydrogen-bond acceptors (Lipinski definition) is 4. The van der Waals surface area contributed by atoms with E-state index in [0.29, 0.717) is 11.3 Å². The fraction of sp³-hybridized carbons (Fsp3) is 0.0833. The van der Waals surface area contributed by atoms with Gasteiger partial charge in [0.25, 0.3) is 10.0 Å². The number of nitrogens with zero attached hydrogens (tertiary/aromatic N) is 1. The highest BCUT2D eigenvalue weighted by Crippen LogP contribution is 2.24. The summed E-state index contributed by atoms with van der Waals surface area (Å²) in [5.41, 5.74) is 0.788. The average molecular weight is 299 g/mol. The third kappa shape index (κ3) is 3.04. The Labute approximate surface area is 115 Å². The number of sulfonamides is 1. The van der Waals surface area contributed by atoms with Gasteiger partial charge in [-0.2, -0.15) is 0 Å². The van der Waals surface area contributed by atoms with Gasteiger partial charge in [-0.15, -0.1) is 0 Å². The number of benzene rings is 1. The number of aliphatic hydroxyl groups is 1. The molecule has 1 aromatic heterocycles. The minimum Gasteiger partial charge on any atom is -0.392 e. The molecule has 2 aromatic rings. The predicted octanol–water partition coefficient (Wildman–Crippen LogP) is 2.03. The lowest BCUT2D eigenvalue weighted by molar-refractivity contribution is 0.282. The molecular formula is C12H11ClN2O3S. The summed E-state index contributed by atoms with van der Waals surface area (Å²) in [5.74, 6) is 0. The van der Waals surface area contributed by atoms with Crippen molar-refractivity contribution in [2.45, 2.75) is 11.5 Å². The van der Waals surface area contributed by atoms with Gasteiger partial charge in [-0.3, -0.25) is 9.71 Å². The van der Waals surface area contributed by atoms with E-state index in [4.69, 9.17) is 16.7 Å². The number of hydrogen-bond donors (Lipinski definition) is 2. The van der Waals surface area contributed by atoms with E-state index in [1.54, 1.807) is 24.3 Å². The number of nitrogens with one attached hydrogen (secondary N) is 1. The molecule has 0 aliphatic heterocycles. The monoisotopic (exact) mass is 298 g/mol. The highest BCUT2D eigenvalue weighted by atomic mass is 35.5. The summed E-state index contributed by atoms with van der Waals surface area (Å²) in [6, 6.07) is 7.96. The molecule has 0 spiro atoms. The molecule has 0 saturated carbocycles. The Bertz CT molecular complexity index is 689. The van der Waals surface area contributed by atoms with Crippen molar-refractivity contribution in [3.8, 4) is 0 Å². The van der Waals surface area contributed by atoms with Crippen molar-refractivity contribution in [3.05, 3.63) is 53.3 Å². The quantitative estimate of drug-likeness (QED) is 0.905. The molecule has 0 aliphatic rings. The Morgan fingerprint density at radius 2 is 2.00 bits per heavy atom. The van der Waals surface area contributed by atoms with Crippen LogP contribution in [0.15, 0.2) is 47.6 Å². The number of anilines is 1. The summed E-state index contributed by atoms with van der Waals surface area (Å²) in [4.78, 5) is 3.64. The Morgan fingerprint density at radius 1 is 1.26 bits per heavy atom. The smallest absolute Gasteiger partial charge is 0.264 e. The van der Waals surface area contributed by atoms with E-state index in [1.165, 1.54) is 18.5 Å². The third-order valence-electron chi connectivity index (χ3n) is 2.46. The molecule has 7 heteroatoms. The summed E-state index contributed by atoms with van der Waals surface area (Å²) in [7, 11) is -3.83. The van der Waals surface area contributed by atoms with Crippen molar-refractivity contribution in [3.63, 3.8) is 0 Å². The minimum atomic E-state index is -3.83. The molecule has 5 nitrogen and oxygen atoms in total. The normalized spacial score (nSPS) is 11.3. The number of pyridine rings is 1. The molecule has 0 atom stereocenters. The second-order valence-electron chi connectivity index (χ2n) is 3.73. The summed E-state index contributed by atoms with van der Waals surface area (Å²) >= 11 is 5.84. The Morgan fingerprint density at radius 3 is 2.68 bits per heavy atom. The first-order chi connectivity index (χ1) is 9.04. The molecule has 0 amide bonds. The SMILES string of the molecule is O=S(=O)(Nc1ccccc1CO)c1cnccc1Cl. The molecule has 0 saturated heterocycles. The van der Waals surface area contributed by atoms with E-state index in [0.717, 1.165) is 0 Å². The number of halogens is 1. The first kappa shape index (κ1) is 13.8. The predicted molar refractivity (Wildman–Crippen MR) is 72.4 cm³/mol. The number of para-hydroxylation sites is 1. The molecule has 1 heterocycles. The van der Waals surface area contributed by atoms with Crippen molar-refractivity contribution in [2.24, 2.45) is 0 Å². The van der Waals surface area contributed by atoms with E-state index in [-0.39, 0.29) is 16.5 Å². The van der Waals surface area contributed by atoms with Crippen LogP contribution in [0.2, 0.25) is 5.02 Å². The van der Waals surface area contributed by atoms with Crippen LogP contribution in [0, 0.1) is 0 Å². The topological polar surface area (TPSA) is 79.3 Å². The van der Waals surface area contributed by atoms with E-state index in [9.17, 15) is 8.42 Å². The molecule has 2 rings (SSSR count). The molecule has 100 valence electrons.